The second-order valence-corrected chi connectivity index (χ2v) is 17.1. The number of amides is 1. The van der Waals surface area contributed by atoms with Crippen molar-refractivity contribution >= 4 is 98.1 Å². The van der Waals surface area contributed by atoms with Crippen LogP contribution in [-0.4, -0.2) is 57.5 Å². The SMILES string of the molecule is COc1cc(N=Nc2cc(C)c(N=Nc3ccc4cc(S(=O)(=O)O)cc(S(=O)(=O)O)c4c3)cc2C)c(C)cc1N=Nc1c(S(=O)(=O)O)cc2cc(NC=O)ccc2c1O. The summed E-state index contributed by atoms with van der Waals surface area (Å²) in [6.07, 6.45) is 0.426. The summed E-state index contributed by atoms with van der Waals surface area (Å²) in [5.74, 6) is -0.426. The van der Waals surface area contributed by atoms with E-state index in [2.05, 4.69) is 36.0 Å². The second-order valence-electron chi connectivity index (χ2n) is 12.9. The molecule has 0 radical (unpaired) electrons. The average Bonchev–Trinajstić information content (AvgIpc) is 3.16. The number of nitrogens with zero attached hydrogens (tertiary/aromatic N) is 6. The molecule has 0 fully saturated rings. The first-order chi connectivity index (χ1) is 27.7. The number of carbonyl (C=O) groups excluding carboxylic acids is 1. The number of fused-ring (bicyclic) bond motifs is 2. The molecule has 0 aromatic heterocycles. The van der Waals surface area contributed by atoms with Crippen molar-refractivity contribution in [3.63, 3.8) is 0 Å². The Labute approximate surface area is 336 Å². The lowest BCUT2D eigenvalue weighted by atomic mass is 10.1. The van der Waals surface area contributed by atoms with Crippen LogP contribution in [0.2, 0.25) is 0 Å². The third-order valence-corrected chi connectivity index (χ3v) is 11.4. The van der Waals surface area contributed by atoms with Crippen LogP contribution < -0.4 is 10.1 Å². The van der Waals surface area contributed by atoms with Crippen LogP contribution >= 0.6 is 0 Å². The Hall–Kier alpha value is -6.56. The van der Waals surface area contributed by atoms with Gasteiger partial charge in [0, 0.05) is 22.5 Å². The molecule has 0 aliphatic carbocycles. The van der Waals surface area contributed by atoms with Gasteiger partial charge in [0.1, 0.15) is 26.9 Å². The molecule has 5 N–H and O–H groups in total. The molecule has 0 aliphatic rings. The molecule has 0 spiro atoms. The van der Waals surface area contributed by atoms with E-state index < -0.39 is 56.5 Å². The lowest BCUT2D eigenvalue weighted by molar-refractivity contribution is -0.105. The zero-order chi connectivity index (χ0) is 43.0. The van der Waals surface area contributed by atoms with E-state index in [0.29, 0.717) is 51.9 Å². The highest BCUT2D eigenvalue weighted by molar-refractivity contribution is 7.87. The molecule has 1 amide bonds. The fourth-order valence-electron chi connectivity index (χ4n) is 5.85. The van der Waals surface area contributed by atoms with Crippen molar-refractivity contribution in [2.45, 2.75) is 35.5 Å². The molecule has 0 saturated heterocycles. The number of ether oxygens (including phenoxy) is 1. The summed E-state index contributed by atoms with van der Waals surface area (Å²) in [5.41, 5.74) is 3.19. The third kappa shape index (κ3) is 9.12. The molecule has 22 heteroatoms. The van der Waals surface area contributed by atoms with Gasteiger partial charge >= 0.3 is 0 Å². The van der Waals surface area contributed by atoms with Gasteiger partial charge in [0.15, 0.2) is 5.75 Å². The zero-order valence-electron chi connectivity index (χ0n) is 31.0. The van der Waals surface area contributed by atoms with Crippen LogP contribution in [-0.2, 0) is 35.1 Å². The topological polar surface area (TPSA) is 296 Å². The van der Waals surface area contributed by atoms with Gasteiger partial charge in [-0.2, -0.15) is 45.7 Å². The van der Waals surface area contributed by atoms with Gasteiger partial charge in [-0.05, 0) is 115 Å². The van der Waals surface area contributed by atoms with Gasteiger partial charge in [0.25, 0.3) is 30.4 Å². The van der Waals surface area contributed by atoms with E-state index in [0.717, 1.165) is 12.1 Å². The number of carbonyl (C=O) groups is 1. The number of aromatic hydroxyl groups is 1. The van der Waals surface area contributed by atoms with Gasteiger partial charge in [0.2, 0.25) is 6.41 Å². The van der Waals surface area contributed by atoms with E-state index in [1.54, 1.807) is 39.0 Å². The lowest BCUT2D eigenvalue weighted by Gasteiger charge is -2.11. The maximum absolute atomic E-state index is 12.3. The van der Waals surface area contributed by atoms with Crippen LogP contribution in [0.5, 0.6) is 11.5 Å². The van der Waals surface area contributed by atoms with Gasteiger partial charge in [-0.15, -0.1) is 10.2 Å². The minimum Gasteiger partial charge on any atom is -0.505 e. The van der Waals surface area contributed by atoms with E-state index in [1.807, 2.05) is 0 Å². The third-order valence-electron chi connectivity index (χ3n) is 8.81. The molecule has 0 bridgehead atoms. The van der Waals surface area contributed by atoms with Crippen molar-refractivity contribution in [1.82, 2.24) is 0 Å². The fraction of sp³-hybridized carbons (Fsp3) is 0.108. The maximum atomic E-state index is 12.3. The molecule has 59 heavy (non-hydrogen) atoms. The Kier molecular flexibility index (Phi) is 11.4. The Morgan fingerprint density at radius 3 is 1.73 bits per heavy atom. The molecule has 304 valence electrons. The van der Waals surface area contributed by atoms with Crippen molar-refractivity contribution in [2.75, 3.05) is 12.4 Å². The Balaban J connectivity index is 1.27. The first-order valence-electron chi connectivity index (χ1n) is 16.7. The quantitative estimate of drug-likeness (QED) is 0.0437. The summed E-state index contributed by atoms with van der Waals surface area (Å²) in [4.78, 5) is 8.68. The highest BCUT2D eigenvalue weighted by Gasteiger charge is 2.23. The number of rotatable bonds is 12. The van der Waals surface area contributed by atoms with Crippen molar-refractivity contribution in [3.8, 4) is 11.5 Å². The summed E-state index contributed by atoms with van der Waals surface area (Å²) >= 11 is 0. The number of benzene rings is 6. The fourth-order valence-corrected chi connectivity index (χ4v) is 7.85. The molecule has 6 rings (SSSR count). The van der Waals surface area contributed by atoms with Crippen molar-refractivity contribution < 1.29 is 53.5 Å². The average molecular weight is 862 g/mol. The van der Waals surface area contributed by atoms with E-state index in [9.17, 15) is 48.8 Å². The molecular formula is C37H31N7O12S3. The van der Waals surface area contributed by atoms with Crippen LogP contribution in [0.1, 0.15) is 16.7 Å². The number of phenolic OH excluding ortho intramolecular Hbond substituents is 1. The summed E-state index contributed by atoms with van der Waals surface area (Å²) < 4.78 is 107. The van der Waals surface area contributed by atoms with Crippen LogP contribution in [0.15, 0.2) is 124 Å². The molecule has 0 saturated carbocycles. The number of methoxy groups -OCH3 is 1. The van der Waals surface area contributed by atoms with E-state index in [-0.39, 0.29) is 38.7 Å². The molecule has 0 aliphatic heterocycles. The highest BCUT2D eigenvalue weighted by Crippen LogP contribution is 2.44. The van der Waals surface area contributed by atoms with E-state index >= 15 is 0 Å². The number of anilines is 1. The number of aryl methyl sites for hydroxylation is 3. The molecule has 6 aromatic rings. The summed E-state index contributed by atoms with van der Waals surface area (Å²) in [7, 11) is -13.2. The van der Waals surface area contributed by atoms with Crippen molar-refractivity contribution in [2.24, 2.45) is 30.7 Å². The number of nitrogens with one attached hydrogen (secondary N) is 1. The normalized spacial score (nSPS) is 12.7. The van der Waals surface area contributed by atoms with Gasteiger partial charge in [-0.3, -0.25) is 18.5 Å². The van der Waals surface area contributed by atoms with Gasteiger partial charge in [-0.1, -0.05) is 6.07 Å². The highest BCUT2D eigenvalue weighted by atomic mass is 32.2. The van der Waals surface area contributed by atoms with Crippen molar-refractivity contribution in [3.05, 3.63) is 95.6 Å². The van der Waals surface area contributed by atoms with Gasteiger partial charge in [-0.25, -0.2) is 0 Å². The largest absolute Gasteiger partial charge is 0.505 e. The second kappa shape index (κ2) is 16.0. The monoisotopic (exact) mass is 861 g/mol. The summed E-state index contributed by atoms with van der Waals surface area (Å²) in [6.45, 7) is 5.21. The van der Waals surface area contributed by atoms with Crippen molar-refractivity contribution in [1.29, 1.82) is 0 Å². The number of phenols is 1. The predicted molar refractivity (Wildman–Crippen MR) is 215 cm³/mol. The number of azo groups is 3. The lowest BCUT2D eigenvalue weighted by Crippen LogP contribution is -2.04. The van der Waals surface area contributed by atoms with E-state index in [1.165, 1.54) is 49.6 Å². The molecule has 0 unspecified atom stereocenters. The van der Waals surface area contributed by atoms with E-state index in [4.69, 9.17) is 4.74 Å². The molecule has 19 nitrogen and oxygen atoms in total. The number of hydrogen-bond acceptors (Lipinski definition) is 15. The molecule has 0 heterocycles. The zero-order valence-corrected chi connectivity index (χ0v) is 33.5. The summed E-state index contributed by atoms with van der Waals surface area (Å²) in [6, 6.07) is 17.6. The maximum Gasteiger partial charge on any atom is 0.296 e. The Bertz CT molecular complexity index is 3170. The predicted octanol–water partition coefficient (Wildman–Crippen LogP) is 9.19. The van der Waals surface area contributed by atoms with Gasteiger partial charge < -0.3 is 15.2 Å². The smallest absolute Gasteiger partial charge is 0.296 e. The number of hydrogen-bond donors (Lipinski definition) is 5. The first kappa shape index (κ1) is 42.1. The standard InChI is InChI=1S/C37H31N7O12S3/c1-19-10-30(20(2)9-29(19)40-39-25-6-5-22-13-26(57(47,48)49)16-34(28(22)15-25)58(50,51)52)41-42-31-17-33(56-4)32(11-21(31)3)43-44-36-35(59(53,54)55)14-23-12-24(38-18-45)7-8-27(23)37(36)46/h5-18,46H,1-4H3,(H,38,45)(H,47,48,49)(H,50,51,52)(H,53,54,55). The first-order valence-corrected chi connectivity index (χ1v) is 21.0. The van der Waals surface area contributed by atoms with Crippen LogP contribution in [0, 0.1) is 20.8 Å². The minimum absolute atomic E-state index is 0.0523. The van der Waals surface area contributed by atoms with Crippen LogP contribution in [0.25, 0.3) is 21.5 Å². The Morgan fingerprint density at radius 1 is 0.576 bits per heavy atom. The molecule has 0 atom stereocenters. The molecular weight excluding hydrogens is 831 g/mol. The van der Waals surface area contributed by atoms with Crippen LogP contribution in [0.3, 0.4) is 0 Å². The molecule has 6 aromatic carbocycles. The van der Waals surface area contributed by atoms with Crippen LogP contribution in [0.4, 0.5) is 39.8 Å². The minimum atomic E-state index is -4.91. The summed E-state index contributed by atoms with van der Waals surface area (Å²) in [5, 5.41) is 39.2. The Morgan fingerprint density at radius 2 is 1.15 bits per heavy atom. The van der Waals surface area contributed by atoms with Gasteiger partial charge in [0.05, 0.1) is 34.8 Å².